The number of nitrogens with zero attached hydrogens (tertiary/aromatic N) is 4. The summed E-state index contributed by atoms with van der Waals surface area (Å²) < 4.78 is 0. The maximum Gasteiger partial charge on any atom is 0.159 e. The summed E-state index contributed by atoms with van der Waals surface area (Å²) in [5, 5.41) is 11.5. The van der Waals surface area contributed by atoms with Crippen LogP contribution in [0.4, 0.5) is 0 Å². The van der Waals surface area contributed by atoms with E-state index in [9.17, 15) is 5.11 Å². The van der Waals surface area contributed by atoms with Crippen LogP contribution in [0.2, 0.25) is 0 Å². The fourth-order valence-corrected chi connectivity index (χ4v) is 4.41. The standard InChI is InChI=1S/C25H30N4O/c1-19-8-7-9-21(14-19)24-26-15-20(16-27-24)17-29-13-12-25(30,23(18-29)28(2)3)22-10-5-4-6-11-22/h4-11,14-16,23,30H,12-13,17-18H2,1-3H3/t23-,25+/m1/s1. The lowest BCUT2D eigenvalue weighted by molar-refractivity contribution is -0.0893. The first-order valence-electron chi connectivity index (χ1n) is 10.5. The Morgan fingerprint density at radius 3 is 2.47 bits per heavy atom. The first-order valence-corrected chi connectivity index (χ1v) is 10.5. The minimum atomic E-state index is -0.840. The van der Waals surface area contributed by atoms with Gasteiger partial charge in [-0.05, 0) is 39.1 Å². The molecule has 2 atom stereocenters. The molecule has 2 heterocycles. The Morgan fingerprint density at radius 1 is 1.07 bits per heavy atom. The van der Waals surface area contributed by atoms with Crippen LogP contribution < -0.4 is 0 Å². The topological polar surface area (TPSA) is 52.5 Å². The normalized spacial score (nSPS) is 22.4. The van der Waals surface area contributed by atoms with Crippen LogP contribution in [-0.4, -0.2) is 58.1 Å². The summed E-state index contributed by atoms with van der Waals surface area (Å²) in [6, 6.07) is 18.3. The largest absolute Gasteiger partial charge is 0.383 e. The van der Waals surface area contributed by atoms with Crippen molar-refractivity contribution in [2.45, 2.75) is 31.5 Å². The van der Waals surface area contributed by atoms with Gasteiger partial charge in [-0.3, -0.25) is 4.90 Å². The van der Waals surface area contributed by atoms with Crippen LogP contribution in [-0.2, 0) is 12.1 Å². The molecule has 1 aliphatic heterocycles. The third-order valence-electron chi connectivity index (χ3n) is 6.08. The van der Waals surface area contributed by atoms with E-state index >= 15 is 0 Å². The van der Waals surface area contributed by atoms with Crippen LogP contribution in [0, 0.1) is 6.92 Å². The molecule has 30 heavy (non-hydrogen) atoms. The Balaban J connectivity index is 1.47. The van der Waals surface area contributed by atoms with E-state index < -0.39 is 5.60 Å². The summed E-state index contributed by atoms with van der Waals surface area (Å²) in [4.78, 5) is 13.7. The van der Waals surface area contributed by atoms with E-state index in [1.54, 1.807) is 0 Å². The molecule has 0 aliphatic carbocycles. The summed E-state index contributed by atoms with van der Waals surface area (Å²) in [5.41, 5.74) is 3.49. The summed E-state index contributed by atoms with van der Waals surface area (Å²) in [6.45, 7) is 4.47. The number of hydrogen-bond donors (Lipinski definition) is 1. The van der Waals surface area contributed by atoms with Gasteiger partial charge < -0.3 is 10.0 Å². The smallest absolute Gasteiger partial charge is 0.159 e. The number of aliphatic hydroxyl groups is 1. The zero-order valence-corrected chi connectivity index (χ0v) is 18.0. The molecule has 0 radical (unpaired) electrons. The third kappa shape index (κ3) is 4.29. The number of likely N-dealkylation sites (N-methyl/N-ethyl adjacent to an activating group) is 1. The molecule has 4 rings (SSSR count). The van der Waals surface area contributed by atoms with E-state index in [2.05, 4.69) is 38.8 Å². The second-order valence-electron chi connectivity index (χ2n) is 8.54. The Bertz CT molecular complexity index is 974. The molecule has 1 fully saturated rings. The van der Waals surface area contributed by atoms with E-state index in [0.717, 1.165) is 42.1 Å². The Labute approximate surface area is 179 Å². The van der Waals surface area contributed by atoms with Gasteiger partial charge in [-0.1, -0.05) is 54.1 Å². The number of hydrogen-bond acceptors (Lipinski definition) is 5. The molecule has 0 amide bonds. The molecule has 156 valence electrons. The van der Waals surface area contributed by atoms with Crippen LogP contribution in [0.3, 0.4) is 0 Å². The fraction of sp³-hybridized carbons (Fsp3) is 0.360. The number of piperidine rings is 1. The van der Waals surface area contributed by atoms with Crippen LogP contribution in [0.1, 0.15) is 23.1 Å². The minimum Gasteiger partial charge on any atom is -0.383 e. The number of rotatable bonds is 5. The molecule has 0 unspecified atom stereocenters. The molecular weight excluding hydrogens is 372 g/mol. The third-order valence-corrected chi connectivity index (χ3v) is 6.08. The van der Waals surface area contributed by atoms with Crippen molar-refractivity contribution in [1.29, 1.82) is 0 Å². The molecule has 0 bridgehead atoms. The summed E-state index contributed by atoms with van der Waals surface area (Å²) in [5.74, 6) is 0.755. The van der Waals surface area contributed by atoms with E-state index in [0.29, 0.717) is 6.42 Å². The molecular formula is C25H30N4O. The molecule has 3 aromatic rings. The quantitative estimate of drug-likeness (QED) is 0.708. The summed E-state index contributed by atoms with van der Waals surface area (Å²) in [7, 11) is 4.09. The highest BCUT2D eigenvalue weighted by Crippen LogP contribution is 2.35. The maximum absolute atomic E-state index is 11.5. The van der Waals surface area contributed by atoms with Gasteiger partial charge in [0.15, 0.2) is 5.82 Å². The van der Waals surface area contributed by atoms with Crippen molar-refractivity contribution in [2.75, 3.05) is 27.2 Å². The van der Waals surface area contributed by atoms with Crippen LogP contribution in [0.15, 0.2) is 67.0 Å². The average molecular weight is 403 g/mol. The van der Waals surface area contributed by atoms with Gasteiger partial charge in [0, 0.05) is 43.2 Å². The lowest BCUT2D eigenvalue weighted by atomic mass is 9.79. The van der Waals surface area contributed by atoms with E-state index in [1.807, 2.05) is 69.0 Å². The van der Waals surface area contributed by atoms with Crippen molar-refractivity contribution in [3.05, 3.63) is 83.7 Å². The summed E-state index contributed by atoms with van der Waals surface area (Å²) >= 11 is 0. The first kappa shape index (κ1) is 20.7. The molecule has 5 nitrogen and oxygen atoms in total. The highest BCUT2D eigenvalue weighted by Gasteiger charge is 2.43. The van der Waals surface area contributed by atoms with Gasteiger partial charge in [-0.2, -0.15) is 0 Å². The van der Waals surface area contributed by atoms with Crippen molar-refractivity contribution >= 4 is 0 Å². The maximum atomic E-state index is 11.5. The molecule has 2 aromatic carbocycles. The van der Waals surface area contributed by atoms with Crippen molar-refractivity contribution in [2.24, 2.45) is 0 Å². The van der Waals surface area contributed by atoms with Gasteiger partial charge in [0.1, 0.15) is 5.60 Å². The number of aromatic nitrogens is 2. The number of likely N-dealkylation sites (tertiary alicyclic amines) is 1. The predicted octanol–water partition coefficient (Wildman–Crippen LogP) is 3.48. The van der Waals surface area contributed by atoms with Crippen molar-refractivity contribution in [3.8, 4) is 11.4 Å². The van der Waals surface area contributed by atoms with Gasteiger partial charge in [0.25, 0.3) is 0 Å². The van der Waals surface area contributed by atoms with Crippen molar-refractivity contribution in [1.82, 2.24) is 19.8 Å². The molecule has 0 spiro atoms. The van der Waals surface area contributed by atoms with Gasteiger partial charge >= 0.3 is 0 Å². The average Bonchev–Trinajstić information content (AvgIpc) is 2.76. The first-order chi connectivity index (χ1) is 14.5. The lowest BCUT2D eigenvalue weighted by Gasteiger charge is -2.47. The molecule has 5 heteroatoms. The van der Waals surface area contributed by atoms with Crippen LogP contribution >= 0.6 is 0 Å². The SMILES string of the molecule is Cc1cccc(-c2ncc(CN3CC[C@](O)(c4ccccc4)[C@H](N(C)C)C3)cn2)c1. The summed E-state index contributed by atoms with van der Waals surface area (Å²) in [6.07, 6.45) is 4.54. The van der Waals surface area contributed by atoms with Crippen LogP contribution in [0.25, 0.3) is 11.4 Å². The molecule has 0 saturated carbocycles. The number of aryl methyl sites for hydroxylation is 1. The molecule has 1 aliphatic rings. The van der Waals surface area contributed by atoms with Gasteiger partial charge in [-0.25, -0.2) is 9.97 Å². The highest BCUT2D eigenvalue weighted by atomic mass is 16.3. The predicted molar refractivity (Wildman–Crippen MR) is 120 cm³/mol. The minimum absolute atomic E-state index is 0.0149. The lowest BCUT2D eigenvalue weighted by Crippen LogP contribution is -2.58. The Kier molecular flexibility index (Phi) is 5.95. The van der Waals surface area contributed by atoms with E-state index in [4.69, 9.17) is 0 Å². The number of benzene rings is 2. The zero-order valence-electron chi connectivity index (χ0n) is 18.0. The molecule has 1 N–H and O–H groups in total. The van der Waals surface area contributed by atoms with Gasteiger partial charge in [0.2, 0.25) is 0 Å². The van der Waals surface area contributed by atoms with Gasteiger partial charge in [0.05, 0.1) is 6.04 Å². The van der Waals surface area contributed by atoms with Crippen molar-refractivity contribution < 1.29 is 5.11 Å². The fourth-order valence-electron chi connectivity index (χ4n) is 4.41. The molecule has 1 aromatic heterocycles. The Hall–Kier alpha value is -2.60. The van der Waals surface area contributed by atoms with E-state index in [-0.39, 0.29) is 6.04 Å². The monoisotopic (exact) mass is 402 g/mol. The van der Waals surface area contributed by atoms with E-state index in [1.165, 1.54) is 5.56 Å². The second-order valence-corrected chi connectivity index (χ2v) is 8.54. The Morgan fingerprint density at radius 2 is 1.80 bits per heavy atom. The van der Waals surface area contributed by atoms with Crippen molar-refractivity contribution in [3.63, 3.8) is 0 Å². The second kappa shape index (κ2) is 8.64. The zero-order chi connectivity index (χ0) is 21.1. The highest BCUT2D eigenvalue weighted by molar-refractivity contribution is 5.55. The van der Waals surface area contributed by atoms with Crippen LogP contribution in [0.5, 0.6) is 0 Å². The van der Waals surface area contributed by atoms with Gasteiger partial charge in [-0.15, -0.1) is 0 Å². The molecule has 1 saturated heterocycles.